The Morgan fingerprint density at radius 2 is 1.25 bits per heavy atom. The Hall–Kier alpha value is -1.47. The van der Waals surface area contributed by atoms with E-state index in [9.17, 15) is 0 Å². The topological polar surface area (TPSA) is 0 Å². The van der Waals surface area contributed by atoms with Crippen molar-refractivity contribution in [2.24, 2.45) is 0 Å². The molecule has 0 saturated carbocycles. The van der Waals surface area contributed by atoms with Crippen LogP contribution in [0.5, 0.6) is 0 Å². The molecule has 0 N–H and O–H groups in total. The smallest absolute Gasteiger partial charge is 0.0697 e. The fourth-order valence-electron chi connectivity index (χ4n) is 3.38. The number of hydrogen-bond acceptors (Lipinski definition) is 1. The second-order valence-electron chi connectivity index (χ2n) is 5.73. The molecular formula is C19H18S. The zero-order valence-corrected chi connectivity index (χ0v) is 12.3. The third-order valence-electron chi connectivity index (χ3n) is 4.66. The Bertz CT molecular complexity index is 600. The molecule has 0 aromatic heterocycles. The van der Waals surface area contributed by atoms with Crippen molar-refractivity contribution in [3.63, 3.8) is 0 Å². The van der Waals surface area contributed by atoms with E-state index >= 15 is 0 Å². The Balaban J connectivity index is 1.86. The standard InChI is InChI=1S/C19H18S/c1-3-7-17(8-4-1)19(18-9-5-2-6-10-18)13-15-11-12-16(15)14-20-19/h1-10H,11-14H2. The third-order valence-corrected chi connectivity index (χ3v) is 6.27. The monoisotopic (exact) mass is 278 g/mol. The van der Waals surface area contributed by atoms with Crippen molar-refractivity contribution in [1.29, 1.82) is 0 Å². The highest BCUT2D eigenvalue weighted by molar-refractivity contribution is 8.00. The number of hydrogen-bond donors (Lipinski definition) is 0. The fourth-order valence-corrected chi connectivity index (χ4v) is 5.03. The molecule has 0 atom stereocenters. The van der Waals surface area contributed by atoms with Gasteiger partial charge in [0.2, 0.25) is 0 Å². The van der Waals surface area contributed by atoms with Crippen LogP contribution in [0.3, 0.4) is 0 Å². The fraction of sp³-hybridized carbons (Fsp3) is 0.263. The van der Waals surface area contributed by atoms with Crippen LogP contribution < -0.4 is 0 Å². The molecule has 0 nitrogen and oxygen atoms in total. The van der Waals surface area contributed by atoms with Crippen LogP contribution in [-0.4, -0.2) is 5.75 Å². The van der Waals surface area contributed by atoms with Crippen LogP contribution in [-0.2, 0) is 4.75 Å². The van der Waals surface area contributed by atoms with Gasteiger partial charge in [0.25, 0.3) is 0 Å². The van der Waals surface area contributed by atoms with Gasteiger partial charge in [-0.2, -0.15) is 0 Å². The molecule has 1 aliphatic carbocycles. The minimum absolute atomic E-state index is 0.127. The Morgan fingerprint density at radius 1 is 0.700 bits per heavy atom. The van der Waals surface area contributed by atoms with Gasteiger partial charge in [0.05, 0.1) is 4.75 Å². The van der Waals surface area contributed by atoms with E-state index in [1.807, 2.05) is 0 Å². The summed E-state index contributed by atoms with van der Waals surface area (Å²) in [5, 5.41) is 0. The van der Waals surface area contributed by atoms with Gasteiger partial charge in [-0.3, -0.25) is 0 Å². The summed E-state index contributed by atoms with van der Waals surface area (Å²) >= 11 is 2.12. The minimum Gasteiger partial charge on any atom is -0.141 e. The molecule has 100 valence electrons. The average molecular weight is 278 g/mol. The van der Waals surface area contributed by atoms with Crippen LogP contribution >= 0.6 is 11.8 Å². The highest BCUT2D eigenvalue weighted by Crippen LogP contribution is 2.55. The van der Waals surface area contributed by atoms with E-state index in [-0.39, 0.29) is 4.75 Å². The first-order valence-electron chi connectivity index (χ1n) is 7.33. The van der Waals surface area contributed by atoms with Gasteiger partial charge in [0.15, 0.2) is 0 Å². The van der Waals surface area contributed by atoms with Gasteiger partial charge in [0.1, 0.15) is 0 Å². The molecule has 0 spiro atoms. The van der Waals surface area contributed by atoms with E-state index in [4.69, 9.17) is 0 Å². The van der Waals surface area contributed by atoms with Crippen molar-refractivity contribution in [2.45, 2.75) is 24.0 Å². The highest BCUT2D eigenvalue weighted by atomic mass is 32.2. The summed E-state index contributed by atoms with van der Waals surface area (Å²) in [6, 6.07) is 22.1. The van der Waals surface area contributed by atoms with E-state index in [2.05, 4.69) is 72.4 Å². The predicted octanol–water partition coefficient (Wildman–Crippen LogP) is 5.16. The summed E-state index contributed by atoms with van der Waals surface area (Å²) in [4.78, 5) is 0. The van der Waals surface area contributed by atoms with E-state index < -0.39 is 0 Å². The van der Waals surface area contributed by atoms with E-state index in [0.717, 1.165) is 0 Å². The molecule has 0 saturated heterocycles. The van der Waals surface area contributed by atoms with Crippen molar-refractivity contribution in [3.05, 3.63) is 82.9 Å². The van der Waals surface area contributed by atoms with Crippen LogP contribution in [0, 0.1) is 0 Å². The molecule has 4 rings (SSSR count). The molecule has 0 fully saturated rings. The second kappa shape index (κ2) is 4.82. The molecule has 0 unspecified atom stereocenters. The molecule has 1 aliphatic heterocycles. The number of allylic oxidation sites excluding steroid dienone is 1. The molecule has 0 bridgehead atoms. The Kier molecular flexibility index (Phi) is 2.96. The average Bonchev–Trinajstić information content (AvgIpc) is 2.51. The van der Waals surface area contributed by atoms with E-state index in [0.29, 0.717) is 0 Å². The normalized spacial score (nSPS) is 20.2. The van der Waals surface area contributed by atoms with Gasteiger partial charge < -0.3 is 0 Å². The largest absolute Gasteiger partial charge is 0.141 e. The Morgan fingerprint density at radius 3 is 1.70 bits per heavy atom. The molecule has 0 radical (unpaired) electrons. The van der Waals surface area contributed by atoms with E-state index in [1.165, 1.54) is 36.1 Å². The maximum Gasteiger partial charge on any atom is 0.0697 e. The lowest BCUT2D eigenvalue weighted by Gasteiger charge is -2.43. The first kappa shape index (κ1) is 12.3. The molecule has 2 aliphatic rings. The van der Waals surface area contributed by atoms with Crippen molar-refractivity contribution in [2.75, 3.05) is 5.75 Å². The summed E-state index contributed by atoms with van der Waals surface area (Å²) in [5.74, 6) is 1.21. The molecule has 1 heterocycles. The van der Waals surface area contributed by atoms with Crippen LogP contribution in [0.2, 0.25) is 0 Å². The van der Waals surface area contributed by atoms with Gasteiger partial charge in [-0.25, -0.2) is 0 Å². The van der Waals surface area contributed by atoms with Crippen LogP contribution in [0.1, 0.15) is 30.4 Å². The first-order chi connectivity index (χ1) is 9.88. The van der Waals surface area contributed by atoms with Crippen molar-refractivity contribution >= 4 is 11.8 Å². The van der Waals surface area contributed by atoms with Gasteiger partial charge in [-0.15, -0.1) is 11.8 Å². The van der Waals surface area contributed by atoms with Crippen LogP contribution in [0.4, 0.5) is 0 Å². The second-order valence-corrected chi connectivity index (χ2v) is 7.01. The molecule has 2 aromatic carbocycles. The maximum absolute atomic E-state index is 2.30. The highest BCUT2D eigenvalue weighted by Gasteiger charge is 2.41. The van der Waals surface area contributed by atoms with Crippen LogP contribution in [0.15, 0.2) is 71.8 Å². The quantitative estimate of drug-likeness (QED) is 0.684. The molecule has 0 amide bonds. The lowest BCUT2D eigenvalue weighted by Crippen LogP contribution is -2.31. The number of benzene rings is 2. The predicted molar refractivity (Wildman–Crippen MR) is 87.0 cm³/mol. The minimum atomic E-state index is 0.127. The Labute approximate surface area is 124 Å². The van der Waals surface area contributed by atoms with Gasteiger partial charge in [0, 0.05) is 5.75 Å². The zero-order valence-electron chi connectivity index (χ0n) is 11.5. The summed E-state index contributed by atoms with van der Waals surface area (Å²) < 4.78 is 0.127. The number of rotatable bonds is 2. The van der Waals surface area contributed by atoms with Gasteiger partial charge in [-0.05, 0) is 30.4 Å². The summed E-state index contributed by atoms with van der Waals surface area (Å²) in [6.07, 6.45) is 3.85. The van der Waals surface area contributed by atoms with Crippen LogP contribution in [0.25, 0.3) is 0 Å². The maximum atomic E-state index is 2.30. The van der Waals surface area contributed by atoms with Gasteiger partial charge in [-0.1, -0.05) is 71.8 Å². The summed E-state index contributed by atoms with van der Waals surface area (Å²) in [5.41, 5.74) is 6.35. The van der Waals surface area contributed by atoms with Crippen molar-refractivity contribution < 1.29 is 0 Å². The van der Waals surface area contributed by atoms with E-state index in [1.54, 1.807) is 11.1 Å². The summed E-state index contributed by atoms with van der Waals surface area (Å²) in [6.45, 7) is 0. The zero-order chi connectivity index (χ0) is 13.4. The van der Waals surface area contributed by atoms with Crippen molar-refractivity contribution in [1.82, 2.24) is 0 Å². The third kappa shape index (κ3) is 1.84. The molecular weight excluding hydrogens is 260 g/mol. The molecule has 1 heteroatoms. The number of thioether (sulfide) groups is 1. The van der Waals surface area contributed by atoms with Gasteiger partial charge >= 0.3 is 0 Å². The molecule has 20 heavy (non-hydrogen) atoms. The SMILES string of the molecule is c1ccc(C2(c3ccccc3)CC3=C(CC3)CS2)cc1. The lowest BCUT2D eigenvalue weighted by atomic mass is 9.77. The summed E-state index contributed by atoms with van der Waals surface area (Å²) in [7, 11) is 0. The van der Waals surface area contributed by atoms with Crippen molar-refractivity contribution in [3.8, 4) is 0 Å². The molecule has 2 aromatic rings. The first-order valence-corrected chi connectivity index (χ1v) is 8.32. The lowest BCUT2D eigenvalue weighted by molar-refractivity contribution is 0.631.